The molecule has 1 amide bonds. The average molecular weight is 551 g/mol. The monoisotopic (exact) mass is 550 g/mol. The van der Waals surface area contributed by atoms with Gasteiger partial charge in [-0.3, -0.25) is 4.99 Å². The number of anilines is 1. The van der Waals surface area contributed by atoms with Crippen LogP contribution in [0.25, 0.3) is 0 Å². The van der Waals surface area contributed by atoms with Gasteiger partial charge in [0.25, 0.3) is 0 Å². The highest BCUT2D eigenvalue weighted by Gasteiger charge is 2.34. The maximum Gasteiger partial charge on any atom is 0.410 e. The van der Waals surface area contributed by atoms with Crippen molar-refractivity contribution in [3.8, 4) is 0 Å². The number of guanidine groups is 1. The van der Waals surface area contributed by atoms with Gasteiger partial charge in [-0.2, -0.15) is 0 Å². The minimum absolute atomic E-state index is 0. The summed E-state index contributed by atoms with van der Waals surface area (Å²) in [4.78, 5) is 25.6. The molecule has 2 aliphatic heterocycles. The summed E-state index contributed by atoms with van der Waals surface area (Å²) in [5.74, 6) is 0.788. The normalized spacial score (nSPS) is 17.4. The Morgan fingerprint density at radius 1 is 1.33 bits per heavy atom. The number of hydrogen-bond donors (Lipinski definition) is 2. The van der Waals surface area contributed by atoms with Gasteiger partial charge in [-0.15, -0.1) is 35.3 Å². The molecule has 0 atom stereocenters. The predicted octanol–water partition coefficient (Wildman–Crippen LogP) is 3.08. The number of hydrogen-bond acceptors (Lipinski definition) is 6. The Hall–Kier alpha value is -1.30. The van der Waals surface area contributed by atoms with Gasteiger partial charge in [0.05, 0.1) is 11.7 Å². The summed E-state index contributed by atoms with van der Waals surface area (Å²) in [6, 6.07) is 0.196. The third-order valence-corrected chi connectivity index (χ3v) is 5.72. The van der Waals surface area contributed by atoms with Crippen molar-refractivity contribution < 1.29 is 9.53 Å². The van der Waals surface area contributed by atoms with Crippen LogP contribution in [0.4, 0.5) is 9.93 Å². The lowest BCUT2D eigenvalue weighted by Gasteiger charge is -2.40. The fourth-order valence-corrected chi connectivity index (χ4v) is 4.22. The van der Waals surface area contributed by atoms with Gasteiger partial charge < -0.3 is 25.2 Å². The molecule has 30 heavy (non-hydrogen) atoms. The van der Waals surface area contributed by atoms with Gasteiger partial charge in [0.1, 0.15) is 5.60 Å². The van der Waals surface area contributed by atoms with E-state index in [1.807, 2.05) is 27.7 Å². The van der Waals surface area contributed by atoms with Crippen molar-refractivity contribution in [1.82, 2.24) is 20.5 Å². The summed E-state index contributed by atoms with van der Waals surface area (Å²) in [5.41, 5.74) is 0.646. The number of aliphatic imine (C=N–C) groups is 1. The molecule has 1 aromatic rings. The van der Waals surface area contributed by atoms with E-state index in [1.54, 1.807) is 16.2 Å². The van der Waals surface area contributed by atoms with Crippen molar-refractivity contribution in [2.45, 2.75) is 58.6 Å². The molecule has 170 valence electrons. The number of likely N-dealkylation sites (tertiary alicyclic amines) is 1. The fourth-order valence-electron chi connectivity index (χ4n) is 3.31. The number of rotatable bonds is 6. The van der Waals surface area contributed by atoms with E-state index in [-0.39, 0.29) is 36.1 Å². The highest BCUT2D eigenvalue weighted by molar-refractivity contribution is 14.0. The molecule has 3 rings (SSSR count). The van der Waals surface area contributed by atoms with Crippen molar-refractivity contribution in [3.63, 3.8) is 0 Å². The summed E-state index contributed by atoms with van der Waals surface area (Å²) >= 11 is 1.73. The van der Waals surface area contributed by atoms with Crippen LogP contribution in [0.1, 0.15) is 46.2 Å². The molecule has 2 saturated heterocycles. The first-order valence-corrected chi connectivity index (χ1v) is 11.4. The van der Waals surface area contributed by atoms with Crippen LogP contribution in [0.2, 0.25) is 0 Å². The van der Waals surface area contributed by atoms with Gasteiger partial charge >= 0.3 is 6.09 Å². The summed E-state index contributed by atoms with van der Waals surface area (Å²) in [7, 11) is 0. The van der Waals surface area contributed by atoms with Gasteiger partial charge in [0.15, 0.2) is 11.1 Å². The molecule has 8 nitrogen and oxygen atoms in total. The van der Waals surface area contributed by atoms with E-state index >= 15 is 0 Å². The number of nitrogens with zero attached hydrogens (tertiary/aromatic N) is 4. The summed E-state index contributed by atoms with van der Waals surface area (Å²) in [5, 5.41) is 9.97. The molecule has 0 aromatic carbocycles. The van der Waals surface area contributed by atoms with Crippen molar-refractivity contribution in [2.75, 3.05) is 44.2 Å². The standard InChI is InChI=1S/C20H34N6O2S.HI/c1-5-21-17(23-16-12-26(13-16)19(27)28-20(2,3)4)22-9-8-15-14-29-18(24-15)25-10-6-7-11-25;/h14,16H,5-13H2,1-4H3,(H2,21,22,23);1H. The second-order valence-electron chi connectivity index (χ2n) is 8.55. The number of thiazole rings is 1. The maximum absolute atomic E-state index is 12.0. The van der Waals surface area contributed by atoms with E-state index in [9.17, 15) is 4.79 Å². The highest BCUT2D eigenvalue weighted by atomic mass is 127. The summed E-state index contributed by atoms with van der Waals surface area (Å²) in [6.45, 7) is 12.7. The number of aromatic nitrogens is 1. The van der Waals surface area contributed by atoms with Crippen LogP contribution >= 0.6 is 35.3 Å². The Morgan fingerprint density at radius 3 is 2.67 bits per heavy atom. The van der Waals surface area contributed by atoms with Gasteiger partial charge in [-0.1, -0.05) is 0 Å². The van der Waals surface area contributed by atoms with Gasteiger partial charge in [-0.25, -0.2) is 9.78 Å². The minimum atomic E-state index is -0.462. The molecule has 3 heterocycles. The van der Waals surface area contributed by atoms with Crippen LogP contribution < -0.4 is 15.5 Å². The molecular weight excluding hydrogens is 515 g/mol. The molecule has 0 bridgehead atoms. The molecule has 0 aliphatic carbocycles. The topological polar surface area (TPSA) is 82.1 Å². The first-order chi connectivity index (χ1) is 13.8. The van der Waals surface area contributed by atoms with E-state index in [0.717, 1.165) is 42.8 Å². The molecule has 2 N–H and O–H groups in total. The van der Waals surface area contributed by atoms with E-state index in [1.165, 1.54) is 12.8 Å². The second kappa shape index (κ2) is 11.4. The SMILES string of the molecule is CCNC(=NCCc1csc(N2CCCC2)n1)NC1CN(C(=O)OC(C)(C)C)C1.I. The number of ether oxygens (including phenoxy) is 1. The number of carbonyl (C=O) groups excluding carboxylic acids is 1. The number of nitrogens with one attached hydrogen (secondary N) is 2. The average Bonchev–Trinajstić information content (AvgIpc) is 3.27. The first-order valence-electron chi connectivity index (χ1n) is 10.6. The van der Waals surface area contributed by atoms with Crippen LogP contribution in [0.15, 0.2) is 10.4 Å². The molecule has 2 fully saturated rings. The Kier molecular flexibility index (Phi) is 9.45. The van der Waals surface area contributed by atoms with Gasteiger partial charge in [-0.05, 0) is 40.5 Å². The molecule has 0 spiro atoms. The predicted molar refractivity (Wildman–Crippen MR) is 133 cm³/mol. The lowest BCUT2D eigenvalue weighted by molar-refractivity contribution is 0.00701. The Morgan fingerprint density at radius 2 is 2.03 bits per heavy atom. The molecule has 2 aliphatic rings. The maximum atomic E-state index is 12.0. The van der Waals surface area contributed by atoms with E-state index in [0.29, 0.717) is 19.6 Å². The molecule has 10 heteroatoms. The number of carbonyl (C=O) groups is 1. The zero-order chi connectivity index (χ0) is 20.9. The van der Waals surface area contributed by atoms with E-state index in [2.05, 4.69) is 25.9 Å². The molecule has 0 radical (unpaired) electrons. The molecule has 0 saturated carbocycles. The van der Waals surface area contributed by atoms with Crippen molar-refractivity contribution in [3.05, 3.63) is 11.1 Å². The van der Waals surface area contributed by atoms with Crippen molar-refractivity contribution in [2.24, 2.45) is 4.99 Å². The van der Waals surface area contributed by atoms with E-state index in [4.69, 9.17) is 9.72 Å². The Bertz CT molecular complexity index is 708. The Balaban J connectivity index is 0.00000320. The third-order valence-electron chi connectivity index (χ3n) is 4.77. The molecule has 1 aromatic heterocycles. The van der Waals surface area contributed by atoms with Crippen molar-refractivity contribution in [1.29, 1.82) is 0 Å². The van der Waals surface area contributed by atoms with Crippen LogP contribution in [0.3, 0.4) is 0 Å². The van der Waals surface area contributed by atoms with Gasteiger partial charge in [0.2, 0.25) is 0 Å². The lowest BCUT2D eigenvalue weighted by atomic mass is 10.1. The summed E-state index contributed by atoms with van der Waals surface area (Å²) in [6.07, 6.45) is 3.11. The quantitative estimate of drug-likeness (QED) is 0.322. The number of halogens is 1. The van der Waals surface area contributed by atoms with Crippen LogP contribution in [-0.4, -0.2) is 72.8 Å². The smallest absolute Gasteiger partial charge is 0.410 e. The van der Waals surface area contributed by atoms with Crippen LogP contribution in [0.5, 0.6) is 0 Å². The zero-order valence-electron chi connectivity index (χ0n) is 18.4. The van der Waals surface area contributed by atoms with E-state index < -0.39 is 5.60 Å². The van der Waals surface area contributed by atoms with Gasteiger partial charge in [0, 0.05) is 51.1 Å². The van der Waals surface area contributed by atoms with Crippen LogP contribution in [-0.2, 0) is 11.2 Å². The molecule has 0 unspecified atom stereocenters. The third kappa shape index (κ3) is 7.44. The number of amides is 1. The van der Waals surface area contributed by atoms with Crippen molar-refractivity contribution >= 4 is 52.5 Å². The fraction of sp³-hybridized carbons (Fsp3) is 0.750. The summed E-state index contributed by atoms with van der Waals surface area (Å²) < 4.78 is 5.40. The minimum Gasteiger partial charge on any atom is -0.444 e. The largest absolute Gasteiger partial charge is 0.444 e. The first kappa shape index (κ1) is 25.0. The second-order valence-corrected chi connectivity index (χ2v) is 9.39. The molecular formula is C20H35IN6O2S. The zero-order valence-corrected chi connectivity index (χ0v) is 21.6. The lowest BCUT2D eigenvalue weighted by Crippen LogP contribution is -2.63. The van der Waals surface area contributed by atoms with Crippen LogP contribution in [0, 0.1) is 0 Å². The Labute approximate surface area is 200 Å². The highest BCUT2D eigenvalue weighted by Crippen LogP contribution is 2.24.